The van der Waals surface area contributed by atoms with E-state index in [4.69, 9.17) is 10.8 Å². The number of halogens is 3. The van der Waals surface area contributed by atoms with Crippen molar-refractivity contribution in [3.8, 4) is 0 Å². The topological polar surface area (TPSA) is 49.5 Å². The number of rotatable bonds is 6. The molecule has 0 saturated heterocycles. The van der Waals surface area contributed by atoms with E-state index in [-0.39, 0.29) is 19.2 Å². The van der Waals surface area contributed by atoms with Gasteiger partial charge in [0.2, 0.25) is 0 Å². The minimum atomic E-state index is -2.46. The summed E-state index contributed by atoms with van der Waals surface area (Å²) in [6, 6.07) is 5.12. The summed E-state index contributed by atoms with van der Waals surface area (Å²) in [6.07, 6.45) is -2.46. The van der Waals surface area contributed by atoms with Crippen LogP contribution in [0.15, 0.2) is 22.7 Å². The fourth-order valence-electron chi connectivity index (χ4n) is 1.77. The van der Waals surface area contributed by atoms with Crippen molar-refractivity contribution in [2.24, 2.45) is 5.73 Å². The number of aliphatic hydroxyl groups is 1. The zero-order chi connectivity index (χ0) is 13.7. The van der Waals surface area contributed by atoms with Crippen molar-refractivity contribution in [1.82, 2.24) is 0 Å². The van der Waals surface area contributed by atoms with E-state index in [2.05, 4.69) is 15.9 Å². The van der Waals surface area contributed by atoms with Gasteiger partial charge in [0, 0.05) is 22.7 Å². The van der Waals surface area contributed by atoms with Crippen molar-refractivity contribution >= 4 is 21.6 Å². The lowest BCUT2D eigenvalue weighted by molar-refractivity contribution is 0.152. The number of anilines is 1. The molecule has 0 aliphatic heterocycles. The molecule has 0 heterocycles. The minimum absolute atomic E-state index is 0.153. The summed E-state index contributed by atoms with van der Waals surface area (Å²) in [5.74, 6) is 0. The summed E-state index contributed by atoms with van der Waals surface area (Å²) >= 11 is 3.31. The fraction of sp³-hybridized carbons (Fsp3) is 0.500. The highest BCUT2D eigenvalue weighted by Crippen LogP contribution is 2.29. The van der Waals surface area contributed by atoms with Gasteiger partial charge < -0.3 is 15.7 Å². The molecule has 1 atom stereocenters. The monoisotopic (exact) mass is 322 g/mol. The van der Waals surface area contributed by atoms with E-state index in [1.165, 1.54) is 4.90 Å². The SMILES string of the molecule is CC(N)c1ccc(Br)cc1N(CCO)CC(F)F. The normalized spacial score (nSPS) is 12.8. The average molecular weight is 323 g/mol. The van der Waals surface area contributed by atoms with Gasteiger partial charge in [-0.25, -0.2) is 8.78 Å². The van der Waals surface area contributed by atoms with Gasteiger partial charge in [0.05, 0.1) is 13.2 Å². The maximum Gasteiger partial charge on any atom is 0.255 e. The molecule has 0 bridgehead atoms. The standard InChI is InChI=1S/C12H17BrF2N2O/c1-8(16)10-3-2-9(13)6-11(10)17(4-5-18)7-12(14)15/h2-3,6,8,12,18H,4-5,7,16H2,1H3. The van der Waals surface area contributed by atoms with Crippen LogP contribution in [0.4, 0.5) is 14.5 Å². The van der Waals surface area contributed by atoms with Crippen LogP contribution >= 0.6 is 15.9 Å². The highest BCUT2D eigenvalue weighted by molar-refractivity contribution is 9.10. The fourth-order valence-corrected chi connectivity index (χ4v) is 2.12. The van der Waals surface area contributed by atoms with E-state index >= 15 is 0 Å². The summed E-state index contributed by atoms with van der Waals surface area (Å²) in [6.45, 7) is 1.35. The van der Waals surface area contributed by atoms with Gasteiger partial charge in [0.15, 0.2) is 0 Å². The smallest absolute Gasteiger partial charge is 0.255 e. The maximum absolute atomic E-state index is 12.6. The number of nitrogens with zero attached hydrogens (tertiary/aromatic N) is 1. The van der Waals surface area contributed by atoms with Crippen LogP contribution in [0.1, 0.15) is 18.5 Å². The van der Waals surface area contributed by atoms with Gasteiger partial charge in [-0.15, -0.1) is 0 Å². The van der Waals surface area contributed by atoms with Crippen molar-refractivity contribution < 1.29 is 13.9 Å². The molecule has 0 saturated carbocycles. The summed E-state index contributed by atoms with van der Waals surface area (Å²) in [7, 11) is 0. The predicted octanol–water partition coefficient (Wildman–Crippen LogP) is 2.53. The van der Waals surface area contributed by atoms with Crippen LogP contribution in [0.25, 0.3) is 0 Å². The molecule has 0 aliphatic rings. The van der Waals surface area contributed by atoms with Crippen molar-refractivity contribution in [3.05, 3.63) is 28.2 Å². The highest BCUT2D eigenvalue weighted by Gasteiger charge is 2.17. The molecular weight excluding hydrogens is 306 g/mol. The second-order valence-corrected chi connectivity index (χ2v) is 4.97. The Morgan fingerprint density at radius 1 is 1.44 bits per heavy atom. The summed E-state index contributed by atoms with van der Waals surface area (Å²) in [5, 5.41) is 8.98. The zero-order valence-corrected chi connectivity index (χ0v) is 11.7. The Morgan fingerprint density at radius 3 is 2.61 bits per heavy atom. The van der Waals surface area contributed by atoms with Crippen molar-refractivity contribution in [2.75, 3.05) is 24.6 Å². The Bertz CT molecular complexity index is 388. The second kappa shape index (κ2) is 7.01. The molecule has 6 heteroatoms. The first kappa shape index (κ1) is 15.3. The number of alkyl halides is 2. The molecule has 0 amide bonds. The molecule has 1 rings (SSSR count). The van der Waals surface area contributed by atoms with Crippen LogP contribution in [0.3, 0.4) is 0 Å². The lowest BCUT2D eigenvalue weighted by atomic mass is 10.1. The first-order valence-electron chi connectivity index (χ1n) is 5.64. The van der Waals surface area contributed by atoms with Crippen molar-refractivity contribution in [2.45, 2.75) is 19.4 Å². The number of benzene rings is 1. The van der Waals surface area contributed by atoms with E-state index in [1.54, 1.807) is 19.1 Å². The third-order valence-corrected chi connectivity index (χ3v) is 3.05. The maximum atomic E-state index is 12.6. The third kappa shape index (κ3) is 4.19. The lowest BCUT2D eigenvalue weighted by Crippen LogP contribution is -2.33. The Kier molecular flexibility index (Phi) is 5.98. The molecule has 0 aromatic heterocycles. The van der Waals surface area contributed by atoms with Crippen molar-refractivity contribution in [3.63, 3.8) is 0 Å². The zero-order valence-electron chi connectivity index (χ0n) is 10.1. The van der Waals surface area contributed by atoms with E-state index in [1.807, 2.05) is 6.07 Å². The first-order valence-corrected chi connectivity index (χ1v) is 6.44. The quantitative estimate of drug-likeness (QED) is 0.846. The summed E-state index contributed by atoms with van der Waals surface area (Å²) in [4.78, 5) is 1.45. The number of aliphatic hydroxyl groups excluding tert-OH is 1. The van der Waals surface area contributed by atoms with Crippen LogP contribution in [-0.2, 0) is 0 Å². The van der Waals surface area contributed by atoms with E-state index < -0.39 is 13.0 Å². The predicted molar refractivity (Wildman–Crippen MR) is 72.0 cm³/mol. The van der Waals surface area contributed by atoms with E-state index in [0.717, 1.165) is 10.0 Å². The number of nitrogens with two attached hydrogens (primary N) is 1. The molecule has 102 valence electrons. The molecule has 0 fully saturated rings. The molecule has 0 spiro atoms. The Balaban J connectivity index is 3.11. The summed E-state index contributed by atoms with van der Waals surface area (Å²) < 4.78 is 25.9. The minimum Gasteiger partial charge on any atom is -0.395 e. The van der Waals surface area contributed by atoms with Gasteiger partial charge in [-0.1, -0.05) is 22.0 Å². The molecule has 18 heavy (non-hydrogen) atoms. The number of hydrogen-bond acceptors (Lipinski definition) is 3. The second-order valence-electron chi connectivity index (χ2n) is 4.05. The Morgan fingerprint density at radius 2 is 2.11 bits per heavy atom. The van der Waals surface area contributed by atoms with Crippen LogP contribution < -0.4 is 10.6 Å². The van der Waals surface area contributed by atoms with Crippen LogP contribution in [0.2, 0.25) is 0 Å². The largest absolute Gasteiger partial charge is 0.395 e. The van der Waals surface area contributed by atoms with Crippen molar-refractivity contribution in [1.29, 1.82) is 0 Å². The third-order valence-electron chi connectivity index (χ3n) is 2.55. The lowest BCUT2D eigenvalue weighted by Gasteiger charge is -2.27. The number of hydrogen-bond donors (Lipinski definition) is 2. The van der Waals surface area contributed by atoms with Crippen LogP contribution in [0, 0.1) is 0 Å². The molecule has 1 aromatic rings. The van der Waals surface area contributed by atoms with E-state index in [0.29, 0.717) is 5.69 Å². The Hall–Kier alpha value is -0.720. The van der Waals surface area contributed by atoms with Crippen LogP contribution in [0.5, 0.6) is 0 Å². The molecule has 0 aliphatic carbocycles. The average Bonchev–Trinajstić information content (AvgIpc) is 2.27. The molecule has 1 aromatic carbocycles. The van der Waals surface area contributed by atoms with Gasteiger partial charge in [0.25, 0.3) is 6.43 Å². The van der Waals surface area contributed by atoms with Gasteiger partial charge >= 0.3 is 0 Å². The highest BCUT2D eigenvalue weighted by atomic mass is 79.9. The van der Waals surface area contributed by atoms with Gasteiger partial charge in [-0.2, -0.15) is 0 Å². The van der Waals surface area contributed by atoms with Gasteiger partial charge in [0.1, 0.15) is 0 Å². The molecular formula is C12H17BrF2N2O. The molecule has 3 N–H and O–H groups in total. The molecule has 3 nitrogen and oxygen atoms in total. The first-order chi connectivity index (χ1) is 8.45. The molecule has 1 unspecified atom stereocenters. The van der Waals surface area contributed by atoms with E-state index in [9.17, 15) is 8.78 Å². The van der Waals surface area contributed by atoms with Crippen LogP contribution in [-0.4, -0.2) is 31.2 Å². The molecule has 0 radical (unpaired) electrons. The summed E-state index contributed by atoms with van der Waals surface area (Å²) in [5.41, 5.74) is 7.26. The Labute approximate surface area is 114 Å². The van der Waals surface area contributed by atoms with Gasteiger partial charge in [-0.05, 0) is 24.6 Å². The van der Waals surface area contributed by atoms with Gasteiger partial charge in [-0.3, -0.25) is 0 Å².